The van der Waals surface area contributed by atoms with Crippen LogP contribution in [0.4, 0.5) is 13.2 Å². The molecule has 0 spiro atoms. The van der Waals surface area contributed by atoms with Crippen LogP contribution < -0.4 is 0 Å². The Labute approximate surface area is 126 Å². The first-order valence-electron chi connectivity index (χ1n) is 6.34. The van der Waals surface area contributed by atoms with Crippen LogP contribution in [0.3, 0.4) is 0 Å². The fraction of sp³-hybridized carbons (Fsp3) is 0.250. The third-order valence-electron chi connectivity index (χ3n) is 3.28. The van der Waals surface area contributed by atoms with Crippen molar-refractivity contribution in [1.29, 1.82) is 0 Å². The Morgan fingerprint density at radius 2 is 1.57 bits per heavy atom. The smallest absolute Gasteiger partial charge is 0.385 e. The van der Waals surface area contributed by atoms with Crippen molar-refractivity contribution in [2.75, 3.05) is 0 Å². The van der Waals surface area contributed by atoms with Crippen LogP contribution in [0.5, 0.6) is 0 Å². The van der Waals surface area contributed by atoms with E-state index in [1.54, 1.807) is 31.2 Å². The maximum Gasteiger partial charge on any atom is 0.416 e. The van der Waals surface area contributed by atoms with Crippen molar-refractivity contribution in [3.8, 4) is 0 Å². The summed E-state index contributed by atoms with van der Waals surface area (Å²) in [6, 6.07) is 11.6. The first-order valence-corrected chi connectivity index (χ1v) is 6.71. The van der Waals surface area contributed by atoms with Gasteiger partial charge in [0.1, 0.15) is 0 Å². The van der Waals surface area contributed by atoms with E-state index in [9.17, 15) is 18.3 Å². The highest BCUT2D eigenvalue weighted by molar-refractivity contribution is 6.31. The van der Waals surface area contributed by atoms with Crippen LogP contribution in [-0.4, -0.2) is 5.11 Å². The average Bonchev–Trinajstić information content (AvgIpc) is 2.38. The monoisotopic (exact) mass is 314 g/mol. The third-order valence-corrected chi connectivity index (χ3v) is 3.61. The van der Waals surface area contributed by atoms with Gasteiger partial charge in [-0.1, -0.05) is 41.9 Å². The molecular formula is C16H14ClF3O. The van der Waals surface area contributed by atoms with Crippen molar-refractivity contribution < 1.29 is 18.3 Å². The van der Waals surface area contributed by atoms with E-state index in [4.69, 9.17) is 11.6 Å². The van der Waals surface area contributed by atoms with E-state index < -0.39 is 17.3 Å². The van der Waals surface area contributed by atoms with Gasteiger partial charge in [-0.2, -0.15) is 13.2 Å². The Morgan fingerprint density at radius 3 is 2.10 bits per heavy atom. The van der Waals surface area contributed by atoms with E-state index in [1.807, 2.05) is 0 Å². The second-order valence-electron chi connectivity index (χ2n) is 5.13. The van der Waals surface area contributed by atoms with Crippen molar-refractivity contribution in [2.24, 2.45) is 0 Å². The van der Waals surface area contributed by atoms with Gasteiger partial charge in [0.05, 0.1) is 11.2 Å². The molecule has 2 aromatic carbocycles. The summed E-state index contributed by atoms with van der Waals surface area (Å²) in [6.07, 6.45) is -4.18. The van der Waals surface area contributed by atoms with Crippen LogP contribution in [0.2, 0.25) is 5.02 Å². The minimum atomic E-state index is -4.36. The molecule has 2 aromatic rings. The number of aliphatic hydroxyl groups is 1. The summed E-state index contributed by atoms with van der Waals surface area (Å²) in [5.41, 5.74) is -0.805. The number of hydrogen-bond acceptors (Lipinski definition) is 1. The molecule has 0 radical (unpaired) electrons. The van der Waals surface area contributed by atoms with Gasteiger partial charge in [0, 0.05) is 17.0 Å². The topological polar surface area (TPSA) is 20.2 Å². The number of alkyl halides is 3. The Balaban J connectivity index is 2.23. The van der Waals surface area contributed by atoms with Crippen molar-refractivity contribution >= 4 is 11.6 Å². The quantitative estimate of drug-likeness (QED) is 0.862. The van der Waals surface area contributed by atoms with E-state index in [0.717, 1.165) is 12.1 Å². The van der Waals surface area contributed by atoms with Gasteiger partial charge < -0.3 is 5.11 Å². The first kappa shape index (κ1) is 15.9. The molecule has 1 unspecified atom stereocenters. The van der Waals surface area contributed by atoms with Crippen LogP contribution in [0, 0.1) is 0 Å². The molecule has 0 fully saturated rings. The van der Waals surface area contributed by atoms with E-state index in [-0.39, 0.29) is 6.42 Å². The number of hydrogen-bond donors (Lipinski definition) is 1. The lowest BCUT2D eigenvalue weighted by molar-refractivity contribution is -0.137. The molecule has 1 atom stereocenters. The average molecular weight is 315 g/mol. The molecule has 1 N–H and O–H groups in total. The minimum absolute atomic E-state index is 0.175. The highest BCUT2D eigenvalue weighted by Gasteiger charge is 2.31. The SMILES string of the molecule is CC(O)(Cc1ccc(C(F)(F)F)cc1)c1ccccc1Cl. The zero-order valence-electron chi connectivity index (χ0n) is 11.3. The lowest BCUT2D eigenvalue weighted by Crippen LogP contribution is -2.24. The lowest BCUT2D eigenvalue weighted by atomic mass is 9.89. The summed E-state index contributed by atoms with van der Waals surface area (Å²) >= 11 is 6.05. The van der Waals surface area contributed by atoms with E-state index in [2.05, 4.69) is 0 Å². The molecule has 0 aliphatic carbocycles. The number of rotatable bonds is 3. The molecule has 0 saturated heterocycles. The van der Waals surface area contributed by atoms with Gasteiger partial charge in [-0.05, 0) is 30.7 Å². The highest BCUT2D eigenvalue weighted by Crippen LogP contribution is 2.33. The van der Waals surface area contributed by atoms with Crippen LogP contribution in [-0.2, 0) is 18.2 Å². The maximum absolute atomic E-state index is 12.5. The summed E-state index contributed by atoms with van der Waals surface area (Å²) in [4.78, 5) is 0. The van der Waals surface area contributed by atoms with Crippen molar-refractivity contribution in [3.63, 3.8) is 0 Å². The van der Waals surface area contributed by atoms with Gasteiger partial charge in [0.15, 0.2) is 0 Å². The van der Waals surface area contributed by atoms with Gasteiger partial charge >= 0.3 is 6.18 Å². The molecule has 21 heavy (non-hydrogen) atoms. The molecule has 0 amide bonds. The van der Waals surface area contributed by atoms with Crippen LogP contribution in [0.1, 0.15) is 23.6 Å². The van der Waals surface area contributed by atoms with Crippen LogP contribution >= 0.6 is 11.6 Å². The molecule has 0 aromatic heterocycles. The maximum atomic E-state index is 12.5. The van der Waals surface area contributed by atoms with E-state index in [1.165, 1.54) is 12.1 Å². The number of halogens is 4. The normalized spacial score (nSPS) is 14.8. The first-order chi connectivity index (χ1) is 9.70. The molecule has 0 aliphatic rings. The summed E-state index contributed by atoms with van der Waals surface area (Å²) in [6.45, 7) is 1.59. The predicted octanol–water partition coefficient (Wildman–Crippen LogP) is 4.81. The Hall–Kier alpha value is -1.52. The minimum Gasteiger partial charge on any atom is -0.385 e. The lowest BCUT2D eigenvalue weighted by Gasteiger charge is -2.25. The van der Waals surface area contributed by atoms with Gasteiger partial charge in [-0.3, -0.25) is 0 Å². The molecule has 5 heteroatoms. The zero-order valence-corrected chi connectivity index (χ0v) is 12.0. The number of benzene rings is 2. The van der Waals surface area contributed by atoms with Crippen molar-refractivity contribution in [3.05, 3.63) is 70.2 Å². The molecule has 2 rings (SSSR count). The predicted molar refractivity (Wildman–Crippen MR) is 76.2 cm³/mol. The largest absolute Gasteiger partial charge is 0.416 e. The van der Waals surface area contributed by atoms with E-state index >= 15 is 0 Å². The van der Waals surface area contributed by atoms with Crippen molar-refractivity contribution in [2.45, 2.75) is 25.1 Å². The summed E-state index contributed by atoms with van der Waals surface area (Å²) in [7, 11) is 0. The Bertz CT molecular complexity index is 618. The molecule has 1 nitrogen and oxygen atoms in total. The van der Waals surface area contributed by atoms with Crippen LogP contribution in [0.25, 0.3) is 0 Å². The second-order valence-corrected chi connectivity index (χ2v) is 5.53. The summed E-state index contributed by atoms with van der Waals surface area (Å²) in [5, 5.41) is 11.0. The molecular weight excluding hydrogens is 301 g/mol. The molecule has 0 saturated carbocycles. The summed E-state index contributed by atoms with van der Waals surface area (Å²) < 4.78 is 37.5. The third kappa shape index (κ3) is 3.77. The summed E-state index contributed by atoms with van der Waals surface area (Å²) in [5.74, 6) is 0. The second kappa shape index (κ2) is 5.70. The fourth-order valence-corrected chi connectivity index (χ4v) is 2.54. The van der Waals surface area contributed by atoms with Gasteiger partial charge in [-0.15, -0.1) is 0 Å². The van der Waals surface area contributed by atoms with Gasteiger partial charge in [-0.25, -0.2) is 0 Å². The Morgan fingerprint density at radius 1 is 1.00 bits per heavy atom. The standard InChI is InChI=1S/C16H14ClF3O/c1-15(21,13-4-2-3-5-14(13)17)10-11-6-8-12(9-7-11)16(18,19)20/h2-9,21H,10H2,1H3. The Kier molecular flexibility index (Phi) is 4.30. The van der Waals surface area contributed by atoms with Gasteiger partial charge in [0.2, 0.25) is 0 Å². The fourth-order valence-electron chi connectivity index (χ4n) is 2.20. The highest BCUT2D eigenvalue weighted by atomic mass is 35.5. The van der Waals surface area contributed by atoms with E-state index in [0.29, 0.717) is 16.1 Å². The van der Waals surface area contributed by atoms with Crippen molar-refractivity contribution in [1.82, 2.24) is 0 Å². The molecule has 112 valence electrons. The van der Waals surface area contributed by atoms with Crippen LogP contribution in [0.15, 0.2) is 48.5 Å². The molecule has 0 heterocycles. The zero-order chi connectivity index (χ0) is 15.7. The van der Waals surface area contributed by atoms with Gasteiger partial charge in [0.25, 0.3) is 0 Å². The molecule has 0 aliphatic heterocycles. The molecule has 0 bridgehead atoms.